The van der Waals surface area contributed by atoms with Crippen LogP contribution < -0.4 is 5.32 Å². The van der Waals surface area contributed by atoms with Gasteiger partial charge in [-0.25, -0.2) is 4.79 Å². The average molecular weight is 434 g/mol. The number of carbonyl (C=O) groups excluding carboxylic acids is 2. The molecule has 2 N–H and O–H groups in total. The van der Waals surface area contributed by atoms with Crippen molar-refractivity contribution in [2.24, 2.45) is 5.92 Å². The molecule has 0 bridgehead atoms. The summed E-state index contributed by atoms with van der Waals surface area (Å²) in [5.41, 5.74) is 3.62. The number of fused-ring (bicyclic) bond motifs is 3. The summed E-state index contributed by atoms with van der Waals surface area (Å²) in [7, 11) is 0. The minimum Gasteiger partial charge on any atom is -0.481 e. The molecule has 2 aromatic rings. The highest BCUT2D eigenvalue weighted by Gasteiger charge is 2.54. The number of benzene rings is 2. The Hall–Kier alpha value is -3.35. The smallest absolute Gasteiger partial charge is 0.408 e. The van der Waals surface area contributed by atoms with E-state index in [0.29, 0.717) is 32.2 Å². The van der Waals surface area contributed by atoms with Gasteiger partial charge in [0, 0.05) is 19.0 Å². The summed E-state index contributed by atoms with van der Waals surface area (Å²) in [6.45, 7) is 0.911. The molecule has 1 saturated carbocycles. The molecular weight excluding hydrogens is 408 g/mol. The molecule has 2 aromatic carbocycles. The summed E-state index contributed by atoms with van der Waals surface area (Å²) in [6, 6.07) is 16.2. The first-order valence-corrected chi connectivity index (χ1v) is 11.1. The van der Waals surface area contributed by atoms with Crippen molar-refractivity contribution in [1.82, 2.24) is 10.2 Å². The molecule has 2 aliphatic carbocycles. The molecule has 0 spiro atoms. The average Bonchev–Trinajstić information content (AvgIpc) is 3.52. The molecule has 1 saturated heterocycles. The van der Waals surface area contributed by atoms with Crippen LogP contribution in [-0.2, 0) is 14.3 Å². The topological polar surface area (TPSA) is 95.9 Å². The number of nitrogens with one attached hydrogen (secondary N) is 1. The van der Waals surface area contributed by atoms with E-state index >= 15 is 0 Å². The van der Waals surface area contributed by atoms with Crippen molar-refractivity contribution < 1.29 is 24.2 Å². The molecule has 2 amide bonds. The minimum atomic E-state index is -0.955. The highest BCUT2D eigenvalue weighted by molar-refractivity contribution is 5.93. The van der Waals surface area contributed by atoms with Crippen LogP contribution in [0.25, 0.3) is 11.1 Å². The van der Waals surface area contributed by atoms with E-state index in [0.717, 1.165) is 22.3 Å². The summed E-state index contributed by atoms with van der Waals surface area (Å²) in [5, 5.41) is 12.1. The number of alkyl carbamates (subject to hydrolysis) is 1. The molecule has 1 heterocycles. The predicted octanol–water partition coefficient (Wildman–Crippen LogP) is 3.38. The Morgan fingerprint density at radius 3 is 2.25 bits per heavy atom. The van der Waals surface area contributed by atoms with Crippen LogP contribution in [0.4, 0.5) is 4.79 Å². The number of hydrogen-bond acceptors (Lipinski definition) is 4. The van der Waals surface area contributed by atoms with E-state index in [9.17, 15) is 19.5 Å². The van der Waals surface area contributed by atoms with Gasteiger partial charge >= 0.3 is 12.1 Å². The van der Waals surface area contributed by atoms with Crippen LogP contribution >= 0.6 is 0 Å². The molecule has 1 aliphatic heterocycles. The van der Waals surface area contributed by atoms with Crippen molar-refractivity contribution in [2.45, 2.75) is 37.1 Å². The lowest BCUT2D eigenvalue weighted by Gasteiger charge is -2.33. The first kappa shape index (κ1) is 20.5. The fourth-order valence-corrected chi connectivity index (χ4v) is 5.01. The SMILES string of the molecule is O=C(NC1(C(=O)N2CCC[C@@H](C(=O)O)C2)CC1)OCC1c2ccccc2-c2ccccc21. The Bertz CT molecular complexity index is 1030. The monoisotopic (exact) mass is 434 g/mol. The Labute approximate surface area is 186 Å². The lowest BCUT2D eigenvalue weighted by atomic mass is 9.97. The Balaban J connectivity index is 1.23. The first-order chi connectivity index (χ1) is 15.5. The van der Waals surface area contributed by atoms with Gasteiger partial charge in [0.25, 0.3) is 0 Å². The Morgan fingerprint density at radius 1 is 1.03 bits per heavy atom. The fourth-order valence-electron chi connectivity index (χ4n) is 5.01. The summed E-state index contributed by atoms with van der Waals surface area (Å²) >= 11 is 0. The van der Waals surface area contributed by atoms with Gasteiger partial charge in [0.05, 0.1) is 5.92 Å². The number of aliphatic carboxylic acids is 1. The maximum atomic E-state index is 13.0. The molecule has 7 nitrogen and oxygen atoms in total. The van der Waals surface area contributed by atoms with Crippen LogP contribution in [0.5, 0.6) is 0 Å². The van der Waals surface area contributed by atoms with Crippen LogP contribution in [0.1, 0.15) is 42.7 Å². The highest BCUT2D eigenvalue weighted by Crippen LogP contribution is 2.44. The van der Waals surface area contributed by atoms with Gasteiger partial charge in [0.1, 0.15) is 12.1 Å². The van der Waals surface area contributed by atoms with E-state index in [2.05, 4.69) is 29.6 Å². The van der Waals surface area contributed by atoms with Crippen molar-refractivity contribution in [2.75, 3.05) is 19.7 Å². The van der Waals surface area contributed by atoms with Gasteiger partial charge in [0.2, 0.25) is 5.91 Å². The van der Waals surface area contributed by atoms with Crippen LogP contribution in [0.2, 0.25) is 0 Å². The molecular formula is C25H26N2O5. The van der Waals surface area contributed by atoms with Crippen LogP contribution in [0.3, 0.4) is 0 Å². The number of carbonyl (C=O) groups is 3. The second-order valence-electron chi connectivity index (χ2n) is 8.96. The molecule has 0 radical (unpaired) electrons. The quantitative estimate of drug-likeness (QED) is 0.752. The second kappa shape index (κ2) is 7.97. The van der Waals surface area contributed by atoms with Gasteiger partial charge < -0.3 is 20.1 Å². The maximum absolute atomic E-state index is 13.0. The number of carboxylic acids is 1. The van der Waals surface area contributed by atoms with Crippen molar-refractivity contribution >= 4 is 18.0 Å². The van der Waals surface area contributed by atoms with Crippen molar-refractivity contribution in [3.8, 4) is 11.1 Å². The Morgan fingerprint density at radius 2 is 1.66 bits per heavy atom. The summed E-state index contributed by atoms with van der Waals surface area (Å²) in [6.07, 6.45) is 1.72. The molecule has 7 heteroatoms. The van der Waals surface area contributed by atoms with Gasteiger partial charge in [-0.3, -0.25) is 9.59 Å². The summed E-state index contributed by atoms with van der Waals surface area (Å²) < 4.78 is 5.60. The molecule has 2 fully saturated rings. The zero-order valence-electron chi connectivity index (χ0n) is 17.8. The lowest BCUT2D eigenvalue weighted by Crippen LogP contribution is -2.54. The molecule has 0 aromatic heterocycles. The third-order valence-corrected chi connectivity index (χ3v) is 6.90. The van der Waals surface area contributed by atoms with Gasteiger partial charge in [-0.1, -0.05) is 48.5 Å². The van der Waals surface area contributed by atoms with E-state index < -0.39 is 23.5 Å². The predicted molar refractivity (Wildman–Crippen MR) is 117 cm³/mol. The van der Waals surface area contributed by atoms with Gasteiger partial charge in [-0.05, 0) is 47.9 Å². The van der Waals surface area contributed by atoms with E-state index in [1.165, 1.54) is 0 Å². The normalized spacial score (nSPS) is 20.8. The number of hydrogen-bond donors (Lipinski definition) is 2. The van der Waals surface area contributed by atoms with E-state index in [4.69, 9.17) is 4.74 Å². The van der Waals surface area contributed by atoms with Gasteiger partial charge in [-0.2, -0.15) is 0 Å². The number of piperidine rings is 1. The number of nitrogens with zero attached hydrogens (tertiary/aromatic N) is 1. The molecule has 166 valence electrons. The first-order valence-electron chi connectivity index (χ1n) is 11.1. The van der Waals surface area contributed by atoms with E-state index in [-0.39, 0.29) is 25.0 Å². The summed E-state index contributed by atoms with van der Waals surface area (Å²) in [4.78, 5) is 38.6. The molecule has 32 heavy (non-hydrogen) atoms. The Kier molecular flexibility index (Phi) is 5.12. The van der Waals surface area contributed by atoms with E-state index in [1.54, 1.807) is 4.90 Å². The third kappa shape index (κ3) is 3.61. The standard InChI is InChI=1S/C25H26N2O5/c28-22(29)16-6-5-13-27(14-16)23(30)25(11-12-25)26-24(31)32-15-21-19-9-3-1-7-17(19)18-8-2-4-10-20(18)21/h1-4,7-10,16,21H,5-6,11-15H2,(H,26,31)(H,28,29)/t16-/m1/s1. The zero-order valence-corrected chi connectivity index (χ0v) is 17.8. The van der Waals surface area contributed by atoms with Gasteiger partial charge in [0.15, 0.2) is 0 Å². The van der Waals surface area contributed by atoms with Crippen molar-refractivity contribution in [3.05, 3.63) is 59.7 Å². The highest BCUT2D eigenvalue weighted by atomic mass is 16.5. The van der Waals surface area contributed by atoms with E-state index in [1.807, 2.05) is 24.3 Å². The largest absolute Gasteiger partial charge is 0.481 e. The fraction of sp³-hybridized carbons (Fsp3) is 0.400. The van der Waals surface area contributed by atoms with Gasteiger partial charge in [-0.15, -0.1) is 0 Å². The van der Waals surface area contributed by atoms with Crippen molar-refractivity contribution in [3.63, 3.8) is 0 Å². The van der Waals surface area contributed by atoms with Crippen LogP contribution in [0, 0.1) is 5.92 Å². The third-order valence-electron chi connectivity index (χ3n) is 6.90. The maximum Gasteiger partial charge on any atom is 0.408 e. The molecule has 5 rings (SSSR count). The zero-order chi connectivity index (χ0) is 22.3. The number of carboxylic acid groups (broad SMARTS) is 1. The number of rotatable bonds is 5. The minimum absolute atomic E-state index is 0.0441. The summed E-state index contributed by atoms with van der Waals surface area (Å²) in [5.74, 6) is -1.66. The molecule has 1 atom stereocenters. The second-order valence-corrected chi connectivity index (χ2v) is 8.96. The number of amides is 2. The number of likely N-dealkylation sites (tertiary alicyclic amines) is 1. The van der Waals surface area contributed by atoms with Crippen LogP contribution in [0.15, 0.2) is 48.5 Å². The lowest BCUT2D eigenvalue weighted by molar-refractivity contribution is -0.146. The van der Waals surface area contributed by atoms with Crippen LogP contribution in [-0.4, -0.2) is 53.2 Å². The number of ether oxygens (including phenoxy) is 1. The molecule has 0 unspecified atom stereocenters. The van der Waals surface area contributed by atoms with Crippen molar-refractivity contribution in [1.29, 1.82) is 0 Å². The molecule has 3 aliphatic rings.